The molecule has 5 nitrogen and oxygen atoms in total. The monoisotopic (exact) mass is 324 g/mol. The van der Waals surface area contributed by atoms with Crippen LogP contribution in [-0.4, -0.2) is 34.1 Å². The van der Waals surface area contributed by atoms with Gasteiger partial charge in [-0.15, -0.1) is 10.2 Å². The molecular weight excluding hydrogens is 300 g/mol. The Bertz CT molecular complexity index is 684. The van der Waals surface area contributed by atoms with E-state index in [4.69, 9.17) is 0 Å². The number of rotatable bonds is 3. The first-order valence-electron chi connectivity index (χ1n) is 8.60. The quantitative estimate of drug-likeness (QED) is 0.931. The van der Waals surface area contributed by atoms with E-state index in [0.717, 1.165) is 31.6 Å². The van der Waals surface area contributed by atoms with Crippen LogP contribution in [0.25, 0.3) is 0 Å². The van der Waals surface area contributed by atoms with E-state index in [0.29, 0.717) is 11.5 Å². The maximum atomic E-state index is 12.5. The van der Waals surface area contributed by atoms with Crippen LogP contribution in [0.1, 0.15) is 47.3 Å². The van der Waals surface area contributed by atoms with Crippen molar-refractivity contribution in [1.82, 2.24) is 15.1 Å². The van der Waals surface area contributed by atoms with E-state index in [9.17, 15) is 4.79 Å². The van der Waals surface area contributed by atoms with Crippen molar-refractivity contribution >= 4 is 17.4 Å². The maximum Gasteiger partial charge on any atom is 0.274 e. The Kier molecular flexibility index (Phi) is 5.08. The van der Waals surface area contributed by atoms with E-state index >= 15 is 0 Å². The Morgan fingerprint density at radius 2 is 1.62 bits per heavy atom. The molecule has 0 spiro atoms. The van der Waals surface area contributed by atoms with Gasteiger partial charge in [-0.3, -0.25) is 4.79 Å². The molecule has 0 radical (unpaired) electrons. The van der Waals surface area contributed by atoms with E-state index in [2.05, 4.69) is 47.6 Å². The summed E-state index contributed by atoms with van der Waals surface area (Å²) in [6.45, 7) is 5.77. The fourth-order valence-electron chi connectivity index (χ4n) is 3.14. The van der Waals surface area contributed by atoms with E-state index < -0.39 is 0 Å². The lowest BCUT2D eigenvalue weighted by atomic mass is 10.1. The molecule has 126 valence electrons. The summed E-state index contributed by atoms with van der Waals surface area (Å²) < 4.78 is 0. The molecule has 1 saturated heterocycles. The first-order valence-corrected chi connectivity index (χ1v) is 8.60. The molecule has 1 N–H and O–H groups in total. The summed E-state index contributed by atoms with van der Waals surface area (Å²) in [5.74, 6) is 0.634. The average Bonchev–Trinajstić information content (AvgIpc) is 2.83. The van der Waals surface area contributed by atoms with Gasteiger partial charge in [0.2, 0.25) is 0 Å². The molecule has 1 aromatic carbocycles. The molecule has 0 atom stereocenters. The lowest BCUT2D eigenvalue weighted by Crippen LogP contribution is -2.32. The molecule has 5 heteroatoms. The van der Waals surface area contributed by atoms with Crippen molar-refractivity contribution in [1.29, 1.82) is 0 Å². The van der Waals surface area contributed by atoms with Crippen LogP contribution in [0.3, 0.4) is 0 Å². The Morgan fingerprint density at radius 3 is 2.21 bits per heavy atom. The third-order valence-corrected chi connectivity index (χ3v) is 4.27. The number of hydrogen-bond donors (Lipinski definition) is 1. The van der Waals surface area contributed by atoms with Gasteiger partial charge in [-0.05, 0) is 62.1 Å². The van der Waals surface area contributed by atoms with Crippen molar-refractivity contribution in [3.8, 4) is 0 Å². The fraction of sp³-hybridized carbons (Fsp3) is 0.421. The van der Waals surface area contributed by atoms with Crippen molar-refractivity contribution in [2.24, 2.45) is 0 Å². The lowest BCUT2D eigenvalue weighted by molar-refractivity contribution is 0.0754. The highest BCUT2D eigenvalue weighted by atomic mass is 16.2. The number of carbonyl (C=O) groups is 1. The van der Waals surface area contributed by atoms with Gasteiger partial charge in [-0.2, -0.15) is 0 Å². The van der Waals surface area contributed by atoms with Crippen LogP contribution in [0.5, 0.6) is 0 Å². The molecule has 1 aliphatic rings. The molecule has 2 aromatic rings. The van der Waals surface area contributed by atoms with E-state index in [1.54, 1.807) is 6.07 Å². The topological polar surface area (TPSA) is 58.1 Å². The third-order valence-electron chi connectivity index (χ3n) is 4.27. The standard InChI is InChI=1S/C19H24N4O/c1-14-11-15(2)13-16(12-14)20-18-8-7-17(21-22-18)19(24)23-9-5-3-4-6-10-23/h7-8,11-13H,3-6,9-10H2,1-2H3,(H,20,22). The number of aryl methyl sites for hydroxylation is 2. The zero-order chi connectivity index (χ0) is 16.9. The van der Waals surface area contributed by atoms with Gasteiger partial charge in [-0.25, -0.2) is 0 Å². The van der Waals surface area contributed by atoms with Gasteiger partial charge in [0, 0.05) is 18.8 Å². The second kappa shape index (κ2) is 7.43. The minimum absolute atomic E-state index is 0.0117. The molecule has 0 saturated carbocycles. The summed E-state index contributed by atoms with van der Waals surface area (Å²) >= 11 is 0. The first-order chi connectivity index (χ1) is 11.6. The average molecular weight is 324 g/mol. The molecule has 0 bridgehead atoms. The number of amides is 1. The van der Waals surface area contributed by atoms with Gasteiger partial charge < -0.3 is 10.2 Å². The van der Waals surface area contributed by atoms with Crippen molar-refractivity contribution in [2.75, 3.05) is 18.4 Å². The zero-order valence-electron chi connectivity index (χ0n) is 14.4. The zero-order valence-corrected chi connectivity index (χ0v) is 14.4. The normalized spacial score (nSPS) is 15.0. The van der Waals surface area contributed by atoms with Crippen molar-refractivity contribution in [2.45, 2.75) is 39.5 Å². The molecule has 2 heterocycles. The van der Waals surface area contributed by atoms with Crippen LogP contribution >= 0.6 is 0 Å². The van der Waals surface area contributed by atoms with Crippen LogP contribution in [0.4, 0.5) is 11.5 Å². The highest BCUT2D eigenvalue weighted by Gasteiger charge is 2.18. The van der Waals surface area contributed by atoms with Gasteiger partial charge in [0.15, 0.2) is 11.5 Å². The van der Waals surface area contributed by atoms with Crippen molar-refractivity contribution < 1.29 is 4.79 Å². The Hall–Kier alpha value is -2.43. The number of hydrogen-bond acceptors (Lipinski definition) is 4. The molecular formula is C19H24N4O. The summed E-state index contributed by atoms with van der Waals surface area (Å²) in [5, 5.41) is 11.5. The van der Waals surface area contributed by atoms with E-state index in [-0.39, 0.29) is 5.91 Å². The van der Waals surface area contributed by atoms with E-state index in [1.807, 2.05) is 11.0 Å². The first kappa shape index (κ1) is 16.4. The van der Waals surface area contributed by atoms with Gasteiger partial charge in [0.25, 0.3) is 5.91 Å². The molecule has 0 unspecified atom stereocenters. The van der Waals surface area contributed by atoms with Crippen molar-refractivity contribution in [3.05, 3.63) is 47.2 Å². The van der Waals surface area contributed by atoms with Crippen LogP contribution in [0.15, 0.2) is 30.3 Å². The number of nitrogens with zero attached hydrogens (tertiary/aromatic N) is 3. The second-order valence-corrected chi connectivity index (χ2v) is 6.51. The highest BCUT2D eigenvalue weighted by Crippen LogP contribution is 2.18. The second-order valence-electron chi connectivity index (χ2n) is 6.51. The van der Waals surface area contributed by atoms with Crippen LogP contribution in [-0.2, 0) is 0 Å². The molecule has 24 heavy (non-hydrogen) atoms. The van der Waals surface area contributed by atoms with Crippen molar-refractivity contribution in [3.63, 3.8) is 0 Å². The predicted octanol–water partition coefficient (Wildman–Crippen LogP) is 3.85. The molecule has 1 amide bonds. The van der Waals surface area contributed by atoms with Crippen LogP contribution in [0, 0.1) is 13.8 Å². The number of likely N-dealkylation sites (tertiary alicyclic amines) is 1. The Balaban J connectivity index is 1.69. The largest absolute Gasteiger partial charge is 0.339 e. The van der Waals surface area contributed by atoms with Gasteiger partial charge in [0.1, 0.15) is 0 Å². The molecule has 0 aliphatic carbocycles. The number of aromatic nitrogens is 2. The molecule has 1 fully saturated rings. The Labute approximate surface area is 143 Å². The maximum absolute atomic E-state index is 12.5. The SMILES string of the molecule is Cc1cc(C)cc(Nc2ccc(C(=O)N3CCCCCC3)nn2)c1. The molecule has 1 aliphatic heterocycles. The number of nitrogens with one attached hydrogen (secondary N) is 1. The van der Waals surface area contributed by atoms with Crippen LogP contribution in [0.2, 0.25) is 0 Å². The van der Waals surface area contributed by atoms with Crippen LogP contribution < -0.4 is 5.32 Å². The fourth-order valence-corrected chi connectivity index (χ4v) is 3.14. The van der Waals surface area contributed by atoms with E-state index in [1.165, 1.54) is 24.0 Å². The third kappa shape index (κ3) is 4.10. The molecule has 1 aromatic heterocycles. The van der Waals surface area contributed by atoms with Gasteiger partial charge in [-0.1, -0.05) is 18.9 Å². The van der Waals surface area contributed by atoms with Gasteiger partial charge in [0.05, 0.1) is 0 Å². The number of benzene rings is 1. The summed E-state index contributed by atoms with van der Waals surface area (Å²) in [4.78, 5) is 14.4. The number of anilines is 2. The summed E-state index contributed by atoms with van der Waals surface area (Å²) in [6, 6.07) is 9.82. The summed E-state index contributed by atoms with van der Waals surface area (Å²) in [7, 11) is 0. The summed E-state index contributed by atoms with van der Waals surface area (Å²) in [5.41, 5.74) is 3.79. The predicted molar refractivity (Wildman–Crippen MR) is 95.6 cm³/mol. The number of carbonyl (C=O) groups excluding carboxylic acids is 1. The smallest absolute Gasteiger partial charge is 0.274 e. The Morgan fingerprint density at radius 1 is 0.958 bits per heavy atom. The minimum Gasteiger partial charge on any atom is -0.339 e. The highest BCUT2D eigenvalue weighted by molar-refractivity contribution is 5.92. The molecule has 3 rings (SSSR count). The van der Waals surface area contributed by atoms with Gasteiger partial charge >= 0.3 is 0 Å². The summed E-state index contributed by atoms with van der Waals surface area (Å²) in [6.07, 6.45) is 4.56. The minimum atomic E-state index is -0.0117. The lowest BCUT2D eigenvalue weighted by Gasteiger charge is -2.19.